The molecule has 1 amide bonds. The van der Waals surface area contributed by atoms with Crippen LogP contribution in [0.2, 0.25) is 0 Å². The molecule has 0 radical (unpaired) electrons. The number of thiazole rings is 1. The second-order valence-electron chi connectivity index (χ2n) is 6.51. The van der Waals surface area contributed by atoms with Crippen LogP contribution in [0.3, 0.4) is 0 Å². The highest BCUT2D eigenvalue weighted by atomic mass is 32.1. The van der Waals surface area contributed by atoms with E-state index in [1.807, 2.05) is 23.4 Å². The average molecular weight is 355 g/mol. The van der Waals surface area contributed by atoms with E-state index in [1.165, 1.54) is 11.1 Å². The summed E-state index contributed by atoms with van der Waals surface area (Å²) in [6, 6.07) is 5.29. The van der Waals surface area contributed by atoms with Crippen molar-refractivity contribution in [2.24, 2.45) is 5.92 Å². The van der Waals surface area contributed by atoms with Gasteiger partial charge in [-0.2, -0.15) is 5.26 Å². The molecule has 130 valence electrons. The monoisotopic (exact) mass is 355 g/mol. The molecule has 1 fully saturated rings. The SMILES string of the molecule is Cc1ncsc1CN(C)CC1CCN(C(=O)c2ccc(C#N)cn2)C1. The van der Waals surface area contributed by atoms with Gasteiger partial charge in [-0.05, 0) is 38.4 Å². The van der Waals surface area contributed by atoms with E-state index >= 15 is 0 Å². The molecule has 25 heavy (non-hydrogen) atoms. The minimum absolute atomic E-state index is 0.0482. The highest BCUT2D eigenvalue weighted by Crippen LogP contribution is 2.21. The Bertz CT molecular complexity index is 780. The zero-order valence-corrected chi connectivity index (χ0v) is 15.3. The van der Waals surface area contributed by atoms with Crippen LogP contribution in [-0.4, -0.2) is 52.4 Å². The molecule has 0 saturated carbocycles. The third-order valence-electron chi connectivity index (χ3n) is 4.51. The lowest BCUT2D eigenvalue weighted by Crippen LogP contribution is -2.32. The maximum absolute atomic E-state index is 12.5. The molecule has 6 nitrogen and oxygen atoms in total. The fourth-order valence-electron chi connectivity index (χ4n) is 3.14. The topological polar surface area (TPSA) is 73.1 Å². The third-order valence-corrected chi connectivity index (χ3v) is 5.43. The maximum atomic E-state index is 12.5. The number of nitriles is 1. The molecule has 0 N–H and O–H groups in total. The van der Waals surface area contributed by atoms with Crippen molar-refractivity contribution in [2.45, 2.75) is 19.9 Å². The van der Waals surface area contributed by atoms with Crippen LogP contribution in [0.5, 0.6) is 0 Å². The number of hydrogen-bond acceptors (Lipinski definition) is 6. The molecule has 1 saturated heterocycles. The fraction of sp³-hybridized carbons (Fsp3) is 0.444. The maximum Gasteiger partial charge on any atom is 0.272 e. The lowest BCUT2D eigenvalue weighted by atomic mass is 10.1. The minimum Gasteiger partial charge on any atom is -0.337 e. The van der Waals surface area contributed by atoms with E-state index in [1.54, 1.807) is 23.5 Å². The highest BCUT2D eigenvalue weighted by molar-refractivity contribution is 7.09. The molecule has 0 bridgehead atoms. The summed E-state index contributed by atoms with van der Waals surface area (Å²) in [6.07, 6.45) is 2.46. The van der Waals surface area contributed by atoms with Gasteiger partial charge in [0, 0.05) is 37.3 Å². The van der Waals surface area contributed by atoms with Gasteiger partial charge in [-0.3, -0.25) is 4.79 Å². The summed E-state index contributed by atoms with van der Waals surface area (Å²) in [5, 5.41) is 8.81. The van der Waals surface area contributed by atoms with Crippen molar-refractivity contribution < 1.29 is 4.79 Å². The van der Waals surface area contributed by atoms with E-state index in [0.29, 0.717) is 17.2 Å². The van der Waals surface area contributed by atoms with Gasteiger partial charge < -0.3 is 9.80 Å². The average Bonchev–Trinajstić information content (AvgIpc) is 3.24. The number of rotatable bonds is 5. The first-order valence-electron chi connectivity index (χ1n) is 8.29. The number of pyridine rings is 1. The highest BCUT2D eigenvalue weighted by Gasteiger charge is 2.28. The molecule has 0 spiro atoms. The van der Waals surface area contributed by atoms with Crippen molar-refractivity contribution >= 4 is 17.2 Å². The van der Waals surface area contributed by atoms with Gasteiger partial charge in [-0.25, -0.2) is 9.97 Å². The van der Waals surface area contributed by atoms with Crippen molar-refractivity contribution in [3.05, 3.63) is 45.7 Å². The van der Waals surface area contributed by atoms with Crippen LogP contribution in [0.15, 0.2) is 23.8 Å². The summed E-state index contributed by atoms with van der Waals surface area (Å²) in [6.45, 7) is 5.42. The summed E-state index contributed by atoms with van der Waals surface area (Å²) in [7, 11) is 2.12. The van der Waals surface area contributed by atoms with Crippen LogP contribution in [0, 0.1) is 24.2 Å². The van der Waals surface area contributed by atoms with Gasteiger partial charge in [-0.15, -0.1) is 11.3 Å². The standard InChI is InChI=1S/C18H21N5OS/c1-13-17(25-12-21-13)11-22(2)9-15-5-6-23(10-15)18(24)16-4-3-14(7-19)8-20-16/h3-4,8,12,15H,5-6,9-11H2,1-2H3. The molecule has 3 heterocycles. The molecule has 7 heteroatoms. The summed E-state index contributed by atoms with van der Waals surface area (Å²) >= 11 is 1.69. The second kappa shape index (κ2) is 7.72. The first-order chi connectivity index (χ1) is 12.1. The lowest BCUT2D eigenvalue weighted by Gasteiger charge is -2.21. The number of aromatic nitrogens is 2. The Morgan fingerprint density at radius 3 is 2.96 bits per heavy atom. The smallest absolute Gasteiger partial charge is 0.272 e. The Hall–Kier alpha value is -2.30. The lowest BCUT2D eigenvalue weighted by molar-refractivity contribution is 0.0778. The number of carbonyl (C=O) groups is 1. The van der Waals surface area contributed by atoms with Crippen molar-refractivity contribution in [3.8, 4) is 6.07 Å². The van der Waals surface area contributed by atoms with Gasteiger partial charge in [-0.1, -0.05) is 0 Å². The zero-order valence-electron chi connectivity index (χ0n) is 14.5. The fourth-order valence-corrected chi connectivity index (χ4v) is 4.00. The Kier molecular flexibility index (Phi) is 5.41. The van der Waals surface area contributed by atoms with E-state index < -0.39 is 0 Å². The van der Waals surface area contributed by atoms with Crippen LogP contribution in [-0.2, 0) is 6.54 Å². The minimum atomic E-state index is -0.0482. The Labute approximate surface area is 151 Å². The quantitative estimate of drug-likeness (QED) is 0.823. The van der Waals surface area contributed by atoms with Crippen LogP contribution in [0.1, 0.15) is 33.0 Å². The summed E-state index contributed by atoms with van der Waals surface area (Å²) in [5.41, 5.74) is 3.87. The summed E-state index contributed by atoms with van der Waals surface area (Å²) in [5.74, 6) is 0.425. The van der Waals surface area contributed by atoms with Gasteiger partial charge >= 0.3 is 0 Å². The number of nitrogens with zero attached hydrogens (tertiary/aromatic N) is 5. The van der Waals surface area contributed by atoms with E-state index in [-0.39, 0.29) is 5.91 Å². The van der Waals surface area contributed by atoms with Crippen molar-refractivity contribution in [1.29, 1.82) is 5.26 Å². The number of amides is 1. The summed E-state index contributed by atoms with van der Waals surface area (Å²) < 4.78 is 0. The van der Waals surface area contributed by atoms with Gasteiger partial charge in [0.1, 0.15) is 11.8 Å². The number of hydrogen-bond donors (Lipinski definition) is 0. The molecular weight excluding hydrogens is 334 g/mol. The van der Waals surface area contributed by atoms with E-state index in [0.717, 1.165) is 38.3 Å². The third kappa shape index (κ3) is 4.21. The first kappa shape index (κ1) is 17.5. The van der Waals surface area contributed by atoms with Crippen LogP contribution in [0.4, 0.5) is 0 Å². The van der Waals surface area contributed by atoms with E-state index in [4.69, 9.17) is 5.26 Å². The van der Waals surface area contributed by atoms with Crippen LogP contribution >= 0.6 is 11.3 Å². The predicted molar refractivity (Wildman–Crippen MR) is 96.1 cm³/mol. The molecule has 3 rings (SSSR count). The van der Waals surface area contributed by atoms with Crippen molar-refractivity contribution in [3.63, 3.8) is 0 Å². The molecule has 1 aliphatic rings. The summed E-state index contributed by atoms with van der Waals surface area (Å²) in [4.78, 5) is 26.4. The molecule has 2 aromatic rings. The molecule has 0 aliphatic carbocycles. The Morgan fingerprint density at radius 1 is 1.48 bits per heavy atom. The number of likely N-dealkylation sites (tertiary alicyclic amines) is 1. The number of carbonyl (C=O) groups excluding carboxylic acids is 1. The Balaban J connectivity index is 1.53. The Morgan fingerprint density at radius 2 is 2.32 bits per heavy atom. The number of aryl methyl sites for hydroxylation is 1. The largest absolute Gasteiger partial charge is 0.337 e. The molecule has 0 aromatic carbocycles. The van der Waals surface area contributed by atoms with Gasteiger partial charge in [0.2, 0.25) is 0 Å². The second-order valence-corrected chi connectivity index (χ2v) is 7.45. The zero-order chi connectivity index (χ0) is 17.8. The molecule has 1 unspecified atom stereocenters. The predicted octanol–water partition coefficient (Wildman–Crippen LogP) is 2.31. The van der Waals surface area contributed by atoms with E-state index in [2.05, 4.69) is 21.9 Å². The first-order valence-corrected chi connectivity index (χ1v) is 9.17. The normalized spacial score (nSPS) is 17.0. The van der Waals surface area contributed by atoms with Crippen molar-refractivity contribution in [1.82, 2.24) is 19.8 Å². The van der Waals surface area contributed by atoms with Crippen LogP contribution in [0.25, 0.3) is 0 Å². The van der Waals surface area contributed by atoms with E-state index in [9.17, 15) is 4.79 Å². The molecule has 1 aliphatic heterocycles. The van der Waals surface area contributed by atoms with Gasteiger partial charge in [0.25, 0.3) is 5.91 Å². The van der Waals surface area contributed by atoms with Gasteiger partial charge in [0.15, 0.2) is 0 Å². The van der Waals surface area contributed by atoms with Gasteiger partial charge in [0.05, 0.1) is 16.8 Å². The molecule has 2 aromatic heterocycles. The van der Waals surface area contributed by atoms with Crippen molar-refractivity contribution in [2.75, 3.05) is 26.7 Å². The molecule has 1 atom stereocenters. The van der Waals surface area contributed by atoms with Crippen LogP contribution < -0.4 is 0 Å². The molecular formula is C18H21N5OS.